The lowest BCUT2D eigenvalue weighted by Gasteiger charge is -2.28. The summed E-state index contributed by atoms with van der Waals surface area (Å²) in [6.07, 6.45) is 4.72. The van der Waals surface area contributed by atoms with Crippen LogP contribution in [0.1, 0.15) is 37.3 Å². The van der Waals surface area contributed by atoms with Crippen molar-refractivity contribution in [3.8, 4) is 0 Å². The van der Waals surface area contributed by atoms with Crippen LogP contribution in [0.5, 0.6) is 0 Å². The Kier molecular flexibility index (Phi) is 3.42. The van der Waals surface area contributed by atoms with Crippen LogP contribution in [0.4, 0.5) is 4.39 Å². The van der Waals surface area contributed by atoms with E-state index >= 15 is 0 Å². The minimum absolute atomic E-state index is 0.159. The molecule has 1 nitrogen and oxygen atoms in total. The first-order valence-corrected chi connectivity index (χ1v) is 6.17. The monoisotopic (exact) mass is 271 g/mol. The van der Waals surface area contributed by atoms with Crippen LogP contribution < -0.4 is 5.73 Å². The van der Waals surface area contributed by atoms with Crippen LogP contribution in [0, 0.1) is 11.7 Å². The van der Waals surface area contributed by atoms with Crippen LogP contribution in [0.15, 0.2) is 22.7 Å². The zero-order valence-corrected chi connectivity index (χ0v) is 10.1. The summed E-state index contributed by atoms with van der Waals surface area (Å²) in [5.74, 6) is 0.503. The number of halogens is 2. The average Bonchev–Trinajstić information content (AvgIpc) is 2.15. The van der Waals surface area contributed by atoms with Crippen molar-refractivity contribution in [3.63, 3.8) is 0 Å². The molecule has 0 saturated heterocycles. The molecule has 0 bridgehead atoms. The van der Waals surface area contributed by atoms with Gasteiger partial charge >= 0.3 is 0 Å². The van der Waals surface area contributed by atoms with Gasteiger partial charge in [0.1, 0.15) is 5.82 Å². The molecule has 1 aromatic carbocycles. The van der Waals surface area contributed by atoms with Gasteiger partial charge in [-0.05, 0) is 34.3 Å². The van der Waals surface area contributed by atoms with Crippen molar-refractivity contribution in [2.45, 2.75) is 31.7 Å². The van der Waals surface area contributed by atoms with Crippen molar-refractivity contribution in [3.05, 3.63) is 34.1 Å². The van der Waals surface area contributed by atoms with Gasteiger partial charge in [0, 0.05) is 11.6 Å². The second-order valence-corrected chi connectivity index (χ2v) is 5.14. The Morgan fingerprint density at radius 1 is 1.47 bits per heavy atom. The maximum absolute atomic E-state index is 13.7. The van der Waals surface area contributed by atoms with E-state index in [2.05, 4.69) is 15.9 Å². The summed E-state index contributed by atoms with van der Waals surface area (Å²) in [4.78, 5) is 0. The van der Waals surface area contributed by atoms with E-state index < -0.39 is 0 Å². The lowest BCUT2D eigenvalue weighted by molar-refractivity contribution is 0.275. The van der Waals surface area contributed by atoms with Crippen molar-refractivity contribution in [1.29, 1.82) is 0 Å². The predicted molar refractivity (Wildman–Crippen MR) is 63.0 cm³/mol. The first-order valence-electron chi connectivity index (χ1n) is 5.38. The Labute approximate surface area is 98.0 Å². The third-order valence-corrected chi connectivity index (χ3v) is 3.81. The average molecular weight is 272 g/mol. The van der Waals surface area contributed by atoms with E-state index in [1.807, 2.05) is 6.07 Å². The lowest BCUT2D eigenvalue weighted by Crippen LogP contribution is -2.21. The van der Waals surface area contributed by atoms with Gasteiger partial charge in [0.15, 0.2) is 0 Å². The molecule has 1 aliphatic carbocycles. The molecule has 0 radical (unpaired) electrons. The SMILES string of the molecule is NC(CC1CCC1)c1cccc(Br)c1F. The van der Waals surface area contributed by atoms with E-state index in [4.69, 9.17) is 5.73 Å². The second kappa shape index (κ2) is 4.62. The molecule has 1 saturated carbocycles. The van der Waals surface area contributed by atoms with E-state index in [0.717, 1.165) is 6.42 Å². The summed E-state index contributed by atoms with van der Waals surface area (Å²) in [5.41, 5.74) is 6.65. The largest absolute Gasteiger partial charge is 0.324 e. The molecule has 0 spiro atoms. The van der Waals surface area contributed by atoms with Gasteiger partial charge in [0.25, 0.3) is 0 Å². The molecule has 0 heterocycles. The molecule has 1 fully saturated rings. The standard InChI is InChI=1S/C12H15BrFN/c13-10-6-2-5-9(12(10)14)11(15)7-8-3-1-4-8/h2,5-6,8,11H,1,3-4,7,15H2. The van der Waals surface area contributed by atoms with Crippen LogP contribution in [0.2, 0.25) is 0 Å². The van der Waals surface area contributed by atoms with Crippen LogP contribution >= 0.6 is 15.9 Å². The van der Waals surface area contributed by atoms with Crippen LogP contribution in [-0.4, -0.2) is 0 Å². The molecule has 3 heteroatoms. The third kappa shape index (κ3) is 2.40. The van der Waals surface area contributed by atoms with E-state index in [9.17, 15) is 4.39 Å². The lowest BCUT2D eigenvalue weighted by atomic mass is 9.80. The predicted octanol–water partition coefficient (Wildman–Crippen LogP) is 3.78. The van der Waals surface area contributed by atoms with E-state index in [1.165, 1.54) is 19.3 Å². The molecule has 2 N–H and O–H groups in total. The summed E-state index contributed by atoms with van der Waals surface area (Å²) in [6, 6.07) is 5.16. The summed E-state index contributed by atoms with van der Waals surface area (Å²) in [5, 5.41) is 0. The van der Waals surface area contributed by atoms with Crippen molar-refractivity contribution in [2.24, 2.45) is 11.7 Å². The fraction of sp³-hybridized carbons (Fsp3) is 0.500. The Balaban J connectivity index is 2.09. The highest BCUT2D eigenvalue weighted by molar-refractivity contribution is 9.10. The van der Waals surface area contributed by atoms with Gasteiger partial charge < -0.3 is 5.73 Å². The van der Waals surface area contributed by atoms with E-state index in [0.29, 0.717) is 16.0 Å². The number of rotatable bonds is 3. The minimum Gasteiger partial charge on any atom is -0.324 e. The fourth-order valence-corrected chi connectivity index (χ4v) is 2.40. The summed E-state index contributed by atoms with van der Waals surface area (Å²) < 4.78 is 14.2. The molecule has 1 atom stereocenters. The van der Waals surface area contributed by atoms with Crippen molar-refractivity contribution < 1.29 is 4.39 Å². The van der Waals surface area contributed by atoms with E-state index in [-0.39, 0.29) is 11.9 Å². The molecule has 0 aliphatic heterocycles. The molecule has 2 rings (SSSR count). The van der Waals surface area contributed by atoms with Crippen LogP contribution in [0.3, 0.4) is 0 Å². The van der Waals surface area contributed by atoms with Gasteiger partial charge in [-0.1, -0.05) is 31.4 Å². The second-order valence-electron chi connectivity index (χ2n) is 4.28. The molecule has 15 heavy (non-hydrogen) atoms. The van der Waals surface area contributed by atoms with Gasteiger partial charge in [0.2, 0.25) is 0 Å². The Morgan fingerprint density at radius 3 is 2.80 bits per heavy atom. The number of benzene rings is 1. The molecular weight excluding hydrogens is 257 g/mol. The highest BCUT2D eigenvalue weighted by Gasteiger charge is 2.22. The molecule has 0 amide bonds. The number of hydrogen-bond acceptors (Lipinski definition) is 1. The van der Waals surface area contributed by atoms with Crippen LogP contribution in [0.25, 0.3) is 0 Å². The molecular formula is C12H15BrFN. The van der Waals surface area contributed by atoms with Gasteiger partial charge in [-0.3, -0.25) is 0 Å². The van der Waals surface area contributed by atoms with E-state index in [1.54, 1.807) is 12.1 Å². The maximum atomic E-state index is 13.7. The summed E-state index contributed by atoms with van der Waals surface area (Å²) in [6.45, 7) is 0. The highest BCUT2D eigenvalue weighted by atomic mass is 79.9. The third-order valence-electron chi connectivity index (χ3n) is 3.19. The highest BCUT2D eigenvalue weighted by Crippen LogP contribution is 2.35. The number of nitrogens with two attached hydrogens (primary N) is 1. The Morgan fingerprint density at radius 2 is 2.20 bits per heavy atom. The quantitative estimate of drug-likeness (QED) is 0.890. The molecule has 1 aliphatic rings. The molecule has 0 aromatic heterocycles. The van der Waals surface area contributed by atoms with Gasteiger partial charge in [0.05, 0.1) is 4.47 Å². The zero-order valence-electron chi connectivity index (χ0n) is 8.55. The Bertz CT molecular complexity index is 349. The fourth-order valence-electron chi connectivity index (χ4n) is 2.02. The van der Waals surface area contributed by atoms with Crippen molar-refractivity contribution in [1.82, 2.24) is 0 Å². The molecule has 82 valence electrons. The number of hydrogen-bond donors (Lipinski definition) is 1. The van der Waals surface area contributed by atoms with Crippen molar-refractivity contribution in [2.75, 3.05) is 0 Å². The Hall–Kier alpha value is -0.410. The molecule has 1 aromatic rings. The van der Waals surface area contributed by atoms with Gasteiger partial charge in [-0.25, -0.2) is 4.39 Å². The maximum Gasteiger partial charge on any atom is 0.142 e. The topological polar surface area (TPSA) is 26.0 Å². The first-order chi connectivity index (χ1) is 7.18. The van der Waals surface area contributed by atoms with Crippen LogP contribution in [-0.2, 0) is 0 Å². The van der Waals surface area contributed by atoms with Gasteiger partial charge in [-0.15, -0.1) is 0 Å². The minimum atomic E-state index is -0.204. The first kappa shape index (κ1) is 11.1. The van der Waals surface area contributed by atoms with Gasteiger partial charge in [-0.2, -0.15) is 0 Å². The zero-order chi connectivity index (χ0) is 10.8. The normalized spacial score (nSPS) is 18.6. The smallest absolute Gasteiger partial charge is 0.142 e. The summed E-state index contributed by atoms with van der Waals surface area (Å²) in [7, 11) is 0. The summed E-state index contributed by atoms with van der Waals surface area (Å²) >= 11 is 3.18. The molecule has 1 unspecified atom stereocenters. The van der Waals surface area contributed by atoms with Crippen molar-refractivity contribution >= 4 is 15.9 Å².